The van der Waals surface area contributed by atoms with Crippen LogP contribution in [0.1, 0.15) is 40.9 Å². The smallest absolute Gasteiger partial charge is 0.335 e. The van der Waals surface area contributed by atoms with Crippen LogP contribution >= 0.6 is 0 Å². The molecule has 3 heteroatoms. The van der Waals surface area contributed by atoms with Crippen LogP contribution in [-0.2, 0) is 12.8 Å². The number of nitrogens with zero attached hydrogens (tertiary/aromatic N) is 1. The number of aromatic nitrogens is 1. The van der Waals surface area contributed by atoms with E-state index in [1.807, 2.05) is 18.2 Å². The largest absolute Gasteiger partial charge is 0.478 e. The average Bonchev–Trinajstić information content (AvgIpc) is 2.85. The van der Waals surface area contributed by atoms with Crippen molar-refractivity contribution >= 4 is 5.97 Å². The van der Waals surface area contributed by atoms with Gasteiger partial charge in [-0.1, -0.05) is 36.8 Å². The molecule has 1 aliphatic carbocycles. The van der Waals surface area contributed by atoms with Gasteiger partial charge in [-0.2, -0.15) is 0 Å². The van der Waals surface area contributed by atoms with Crippen molar-refractivity contribution in [2.45, 2.75) is 32.1 Å². The summed E-state index contributed by atoms with van der Waals surface area (Å²) in [6.45, 7) is 0. The summed E-state index contributed by atoms with van der Waals surface area (Å²) in [7, 11) is 0. The summed E-state index contributed by atoms with van der Waals surface area (Å²) < 4.78 is 2.32. The highest BCUT2D eigenvalue weighted by Gasteiger charge is 2.19. The van der Waals surface area contributed by atoms with Gasteiger partial charge < -0.3 is 9.67 Å². The summed E-state index contributed by atoms with van der Waals surface area (Å²) in [4.78, 5) is 11.2. The van der Waals surface area contributed by atoms with E-state index in [4.69, 9.17) is 5.11 Å². The Bertz CT molecular complexity index is 892. The van der Waals surface area contributed by atoms with Gasteiger partial charge in [0.15, 0.2) is 0 Å². The third kappa shape index (κ3) is 2.98. The Morgan fingerprint density at radius 1 is 0.880 bits per heavy atom. The van der Waals surface area contributed by atoms with Crippen LogP contribution in [0.25, 0.3) is 16.9 Å². The Morgan fingerprint density at radius 3 is 2.32 bits per heavy atom. The van der Waals surface area contributed by atoms with E-state index in [1.54, 1.807) is 12.1 Å². The molecule has 0 radical (unpaired) electrons. The van der Waals surface area contributed by atoms with Crippen LogP contribution in [0.15, 0.2) is 60.7 Å². The molecule has 1 aromatic heterocycles. The molecule has 0 saturated heterocycles. The maximum absolute atomic E-state index is 11.2. The van der Waals surface area contributed by atoms with Gasteiger partial charge in [0.25, 0.3) is 0 Å². The number of aryl methyl sites for hydroxylation is 1. The van der Waals surface area contributed by atoms with Crippen LogP contribution in [0.5, 0.6) is 0 Å². The molecule has 3 nitrogen and oxygen atoms in total. The van der Waals surface area contributed by atoms with Crippen LogP contribution in [-0.4, -0.2) is 15.6 Å². The number of carbonyl (C=O) groups is 1. The van der Waals surface area contributed by atoms with Gasteiger partial charge in [-0.25, -0.2) is 4.79 Å². The van der Waals surface area contributed by atoms with E-state index in [1.165, 1.54) is 41.8 Å². The second-order valence-electron chi connectivity index (χ2n) is 6.62. The minimum absolute atomic E-state index is 0.322. The summed E-state index contributed by atoms with van der Waals surface area (Å²) in [5, 5.41) is 9.16. The monoisotopic (exact) mass is 331 g/mol. The van der Waals surface area contributed by atoms with Crippen LogP contribution in [0.2, 0.25) is 0 Å². The predicted octanol–water partition coefficient (Wildman–Crippen LogP) is 5.11. The summed E-state index contributed by atoms with van der Waals surface area (Å²) in [5.74, 6) is -0.888. The van der Waals surface area contributed by atoms with Gasteiger partial charge in [0.1, 0.15) is 0 Å². The average molecular weight is 331 g/mol. The van der Waals surface area contributed by atoms with E-state index in [2.05, 4.69) is 34.9 Å². The maximum Gasteiger partial charge on any atom is 0.335 e. The predicted molar refractivity (Wildman–Crippen MR) is 99.4 cm³/mol. The third-order valence-corrected chi connectivity index (χ3v) is 4.99. The molecule has 0 unspecified atom stereocenters. The fourth-order valence-electron chi connectivity index (χ4n) is 3.74. The first-order valence-electron chi connectivity index (χ1n) is 8.87. The Morgan fingerprint density at radius 2 is 1.60 bits per heavy atom. The number of hydrogen-bond acceptors (Lipinski definition) is 1. The number of carboxylic acid groups (broad SMARTS) is 1. The molecule has 0 aliphatic heterocycles. The zero-order chi connectivity index (χ0) is 17.2. The van der Waals surface area contributed by atoms with Gasteiger partial charge >= 0.3 is 5.97 Å². The molecule has 1 aliphatic rings. The molecule has 1 N–H and O–H groups in total. The van der Waals surface area contributed by atoms with Crippen LogP contribution in [0.3, 0.4) is 0 Å². The first-order chi connectivity index (χ1) is 12.2. The van der Waals surface area contributed by atoms with Gasteiger partial charge in [0.05, 0.1) is 11.3 Å². The van der Waals surface area contributed by atoms with Crippen molar-refractivity contribution in [2.24, 2.45) is 0 Å². The lowest BCUT2D eigenvalue weighted by atomic mass is 10.1. The zero-order valence-corrected chi connectivity index (χ0v) is 14.1. The number of carboxylic acids is 1. The van der Waals surface area contributed by atoms with E-state index in [9.17, 15) is 4.79 Å². The van der Waals surface area contributed by atoms with Crippen molar-refractivity contribution in [3.63, 3.8) is 0 Å². The highest BCUT2D eigenvalue weighted by Crippen LogP contribution is 2.33. The first-order valence-corrected chi connectivity index (χ1v) is 8.87. The summed E-state index contributed by atoms with van der Waals surface area (Å²) in [5.41, 5.74) is 6.54. The fourth-order valence-corrected chi connectivity index (χ4v) is 3.74. The second-order valence-corrected chi connectivity index (χ2v) is 6.62. The Balaban J connectivity index is 1.89. The summed E-state index contributed by atoms with van der Waals surface area (Å²) >= 11 is 0. The molecule has 3 aromatic rings. The van der Waals surface area contributed by atoms with Crippen molar-refractivity contribution in [1.82, 2.24) is 4.57 Å². The number of benzene rings is 2. The number of aromatic carboxylic acids is 1. The highest BCUT2D eigenvalue weighted by molar-refractivity contribution is 5.87. The Hall–Kier alpha value is -2.81. The minimum atomic E-state index is -0.888. The molecule has 0 spiro atoms. The van der Waals surface area contributed by atoms with Gasteiger partial charge in [0, 0.05) is 11.4 Å². The quantitative estimate of drug-likeness (QED) is 0.678. The number of hydrogen-bond donors (Lipinski definition) is 1. The molecule has 25 heavy (non-hydrogen) atoms. The van der Waals surface area contributed by atoms with E-state index in [-0.39, 0.29) is 0 Å². The lowest BCUT2D eigenvalue weighted by Crippen LogP contribution is -2.04. The normalized spacial score (nSPS) is 13.9. The van der Waals surface area contributed by atoms with Gasteiger partial charge in [-0.05, 0) is 67.1 Å². The molecular weight excluding hydrogens is 310 g/mol. The van der Waals surface area contributed by atoms with Gasteiger partial charge in [-0.3, -0.25) is 0 Å². The number of fused-ring (bicyclic) bond motifs is 1. The zero-order valence-electron chi connectivity index (χ0n) is 14.1. The van der Waals surface area contributed by atoms with Crippen molar-refractivity contribution in [3.8, 4) is 16.9 Å². The Kier molecular flexibility index (Phi) is 4.14. The molecule has 1 heterocycles. The number of rotatable bonds is 3. The molecular formula is C22H21NO2. The van der Waals surface area contributed by atoms with Crippen molar-refractivity contribution < 1.29 is 9.90 Å². The molecule has 4 rings (SSSR count). The third-order valence-electron chi connectivity index (χ3n) is 4.99. The van der Waals surface area contributed by atoms with Crippen molar-refractivity contribution in [1.29, 1.82) is 0 Å². The topological polar surface area (TPSA) is 42.2 Å². The summed E-state index contributed by atoms with van der Waals surface area (Å²) in [6.07, 6.45) is 5.91. The lowest BCUT2D eigenvalue weighted by molar-refractivity contribution is 0.0697. The van der Waals surface area contributed by atoms with Gasteiger partial charge in [0.2, 0.25) is 0 Å². The molecule has 0 saturated carbocycles. The van der Waals surface area contributed by atoms with E-state index < -0.39 is 5.97 Å². The molecule has 0 amide bonds. The van der Waals surface area contributed by atoms with Crippen LogP contribution in [0.4, 0.5) is 0 Å². The molecule has 0 fully saturated rings. The van der Waals surface area contributed by atoms with E-state index in [0.29, 0.717) is 5.56 Å². The van der Waals surface area contributed by atoms with E-state index >= 15 is 0 Å². The van der Waals surface area contributed by atoms with Crippen molar-refractivity contribution in [2.75, 3.05) is 0 Å². The highest BCUT2D eigenvalue weighted by atomic mass is 16.4. The first kappa shape index (κ1) is 15.7. The standard InChI is InChI=1S/C22H21NO2/c24-22(25)17-11-13-19(14-12-17)23-20-10-6-2-5-9-18(20)15-21(23)16-7-3-1-4-8-16/h1,3-4,7-8,11-15H,2,5-6,9-10H2,(H,24,25). The van der Waals surface area contributed by atoms with Gasteiger partial charge in [-0.15, -0.1) is 0 Å². The maximum atomic E-state index is 11.2. The van der Waals surface area contributed by atoms with Crippen LogP contribution in [0, 0.1) is 0 Å². The molecule has 2 aromatic carbocycles. The fraction of sp³-hybridized carbons (Fsp3) is 0.227. The lowest BCUT2D eigenvalue weighted by Gasteiger charge is -2.14. The SMILES string of the molecule is O=C(O)c1ccc(-n2c(-c3ccccc3)cc3c2CCCCC3)cc1. The second kappa shape index (κ2) is 6.60. The molecule has 0 atom stereocenters. The Labute approximate surface area is 147 Å². The molecule has 0 bridgehead atoms. The van der Waals surface area contributed by atoms with Crippen molar-refractivity contribution in [3.05, 3.63) is 77.5 Å². The van der Waals surface area contributed by atoms with E-state index in [0.717, 1.165) is 18.5 Å². The minimum Gasteiger partial charge on any atom is -0.478 e. The molecule has 126 valence electrons. The van der Waals surface area contributed by atoms with Crippen LogP contribution < -0.4 is 0 Å². The summed E-state index contributed by atoms with van der Waals surface area (Å²) in [6, 6.07) is 20.0.